The van der Waals surface area contributed by atoms with Crippen LogP contribution in [-0.4, -0.2) is 24.5 Å². The molecule has 1 unspecified atom stereocenters. The minimum absolute atomic E-state index is 0.158. The maximum absolute atomic E-state index is 12.0. The first-order chi connectivity index (χ1) is 11.1. The second-order valence-electron chi connectivity index (χ2n) is 4.72. The molecule has 0 saturated carbocycles. The van der Waals surface area contributed by atoms with Crippen LogP contribution in [0.1, 0.15) is 12.5 Å². The standard InChI is InChI=1S/C17H17ClN2O2S/c1-12(23-16-9-5-14(18)6-10-16)17(21)20-19-11-13-3-7-15(22-2)8-4-13/h3-12H,1-2H3,(H,20,21)/b19-11+. The van der Waals surface area contributed by atoms with Crippen LogP contribution >= 0.6 is 23.4 Å². The number of amides is 1. The summed E-state index contributed by atoms with van der Waals surface area (Å²) in [4.78, 5) is 13.0. The van der Waals surface area contributed by atoms with Crippen LogP contribution in [0.15, 0.2) is 58.5 Å². The zero-order valence-corrected chi connectivity index (χ0v) is 14.4. The molecule has 0 spiro atoms. The van der Waals surface area contributed by atoms with Gasteiger partial charge in [-0.3, -0.25) is 4.79 Å². The topological polar surface area (TPSA) is 50.7 Å². The SMILES string of the molecule is COc1ccc(/C=N/NC(=O)C(C)Sc2ccc(Cl)cc2)cc1. The number of halogens is 1. The van der Waals surface area contributed by atoms with Gasteiger partial charge in [-0.15, -0.1) is 11.8 Å². The average molecular weight is 349 g/mol. The number of benzene rings is 2. The first-order valence-electron chi connectivity index (χ1n) is 6.97. The average Bonchev–Trinajstić information content (AvgIpc) is 2.57. The summed E-state index contributed by atoms with van der Waals surface area (Å²) in [5.74, 6) is 0.619. The van der Waals surface area contributed by atoms with Gasteiger partial charge >= 0.3 is 0 Å². The molecular weight excluding hydrogens is 332 g/mol. The third-order valence-corrected chi connectivity index (χ3v) is 4.36. The Kier molecular flexibility index (Phi) is 6.50. The highest BCUT2D eigenvalue weighted by molar-refractivity contribution is 8.00. The van der Waals surface area contributed by atoms with Gasteiger partial charge in [0, 0.05) is 9.92 Å². The van der Waals surface area contributed by atoms with Crippen molar-refractivity contribution in [1.29, 1.82) is 0 Å². The first kappa shape index (κ1) is 17.4. The van der Waals surface area contributed by atoms with E-state index in [1.165, 1.54) is 11.8 Å². The van der Waals surface area contributed by atoms with E-state index < -0.39 is 0 Å². The van der Waals surface area contributed by atoms with Crippen molar-refractivity contribution in [3.8, 4) is 5.75 Å². The number of carbonyl (C=O) groups is 1. The Morgan fingerprint density at radius 3 is 2.48 bits per heavy atom. The van der Waals surface area contributed by atoms with Crippen molar-refractivity contribution in [2.75, 3.05) is 7.11 Å². The molecule has 0 aromatic heterocycles. The summed E-state index contributed by atoms with van der Waals surface area (Å²) < 4.78 is 5.08. The molecule has 0 aliphatic carbocycles. The van der Waals surface area contributed by atoms with Gasteiger partial charge in [-0.1, -0.05) is 11.6 Å². The van der Waals surface area contributed by atoms with Gasteiger partial charge in [0.25, 0.3) is 5.91 Å². The fourth-order valence-corrected chi connectivity index (χ4v) is 2.71. The highest BCUT2D eigenvalue weighted by atomic mass is 35.5. The molecular formula is C17H17ClN2O2S. The van der Waals surface area contributed by atoms with Crippen LogP contribution in [0.4, 0.5) is 0 Å². The molecule has 4 nitrogen and oxygen atoms in total. The second kappa shape index (κ2) is 8.60. The molecule has 1 N–H and O–H groups in total. The number of ether oxygens (including phenoxy) is 1. The van der Waals surface area contributed by atoms with Gasteiger partial charge in [0.05, 0.1) is 18.6 Å². The van der Waals surface area contributed by atoms with Crippen molar-refractivity contribution < 1.29 is 9.53 Å². The van der Waals surface area contributed by atoms with E-state index in [2.05, 4.69) is 10.5 Å². The number of hydrogen-bond donors (Lipinski definition) is 1. The van der Waals surface area contributed by atoms with Crippen LogP contribution in [-0.2, 0) is 4.79 Å². The normalized spacial score (nSPS) is 12.1. The Hall–Kier alpha value is -1.98. The van der Waals surface area contributed by atoms with Crippen LogP contribution in [0.5, 0.6) is 5.75 Å². The lowest BCUT2D eigenvalue weighted by Gasteiger charge is -2.09. The van der Waals surface area contributed by atoms with Gasteiger partial charge in [-0.05, 0) is 61.0 Å². The molecule has 0 fully saturated rings. The summed E-state index contributed by atoms with van der Waals surface area (Å²) in [5, 5.41) is 4.39. The third kappa shape index (κ3) is 5.62. The van der Waals surface area contributed by atoms with Crippen LogP contribution in [0, 0.1) is 0 Å². The zero-order valence-electron chi connectivity index (χ0n) is 12.8. The van der Waals surface area contributed by atoms with Crippen molar-refractivity contribution in [1.82, 2.24) is 5.43 Å². The van der Waals surface area contributed by atoms with Gasteiger partial charge in [-0.2, -0.15) is 5.10 Å². The number of hydrogen-bond acceptors (Lipinski definition) is 4. The molecule has 0 aliphatic rings. The van der Waals surface area contributed by atoms with E-state index in [1.54, 1.807) is 25.5 Å². The van der Waals surface area contributed by atoms with Crippen LogP contribution in [0.2, 0.25) is 5.02 Å². The van der Waals surface area contributed by atoms with E-state index in [0.717, 1.165) is 16.2 Å². The maximum Gasteiger partial charge on any atom is 0.253 e. The summed E-state index contributed by atoms with van der Waals surface area (Å²) in [6.07, 6.45) is 1.59. The number of rotatable bonds is 6. The fourth-order valence-electron chi connectivity index (χ4n) is 1.72. The summed E-state index contributed by atoms with van der Waals surface area (Å²) >= 11 is 7.29. The first-order valence-corrected chi connectivity index (χ1v) is 8.23. The van der Waals surface area contributed by atoms with Crippen molar-refractivity contribution >= 4 is 35.5 Å². The third-order valence-electron chi connectivity index (χ3n) is 3.00. The highest BCUT2D eigenvalue weighted by Crippen LogP contribution is 2.24. The lowest BCUT2D eigenvalue weighted by atomic mass is 10.2. The van der Waals surface area contributed by atoms with Crippen molar-refractivity contribution in [2.24, 2.45) is 5.10 Å². The summed E-state index contributed by atoms with van der Waals surface area (Å²) in [6.45, 7) is 1.83. The molecule has 0 heterocycles. The molecule has 1 atom stereocenters. The summed E-state index contributed by atoms with van der Waals surface area (Å²) in [6, 6.07) is 14.8. The number of thioether (sulfide) groups is 1. The molecule has 0 radical (unpaired) electrons. The molecule has 23 heavy (non-hydrogen) atoms. The van der Waals surface area contributed by atoms with Crippen molar-refractivity contribution in [3.05, 3.63) is 59.1 Å². The largest absolute Gasteiger partial charge is 0.497 e. The number of nitrogens with one attached hydrogen (secondary N) is 1. The highest BCUT2D eigenvalue weighted by Gasteiger charge is 2.13. The van der Waals surface area contributed by atoms with Gasteiger partial charge < -0.3 is 4.74 Å². The van der Waals surface area contributed by atoms with Crippen LogP contribution < -0.4 is 10.2 Å². The summed E-state index contributed by atoms with van der Waals surface area (Å²) in [7, 11) is 1.61. The van der Waals surface area contributed by atoms with E-state index in [0.29, 0.717) is 5.02 Å². The van der Waals surface area contributed by atoms with Gasteiger partial charge in [0.2, 0.25) is 0 Å². The molecule has 1 amide bonds. The van der Waals surface area contributed by atoms with Crippen molar-refractivity contribution in [3.63, 3.8) is 0 Å². The number of methoxy groups -OCH3 is 1. The quantitative estimate of drug-likeness (QED) is 0.488. The molecule has 0 aliphatic heterocycles. The van der Waals surface area contributed by atoms with E-state index in [-0.39, 0.29) is 11.2 Å². The number of carbonyl (C=O) groups excluding carboxylic acids is 1. The molecule has 2 aromatic rings. The van der Waals surface area contributed by atoms with Gasteiger partial charge in [0.1, 0.15) is 5.75 Å². The lowest BCUT2D eigenvalue weighted by molar-refractivity contribution is -0.120. The predicted octanol–water partition coefficient (Wildman–Crippen LogP) is 3.98. The van der Waals surface area contributed by atoms with Crippen LogP contribution in [0.3, 0.4) is 0 Å². The van der Waals surface area contributed by atoms with Gasteiger partial charge in [-0.25, -0.2) is 5.43 Å². The molecule has 2 aromatic carbocycles. The minimum Gasteiger partial charge on any atom is -0.497 e. The van der Waals surface area contributed by atoms with Crippen molar-refractivity contribution in [2.45, 2.75) is 17.1 Å². The Bertz CT molecular complexity index is 672. The Morgan fingerprint density at radius 1 is 1.22 bits per heavy atom. The number of hydrazone groups is 1. The minimum atomic E-state index is -0.260. The molecule has 6 heteroatoms. The Labute approximate surface area is 144 Å². The van der Waals surface area contributed by atoms with E-state index in [1.807, 2.05) is 43.3 Å². The Morgan fingerprint density at radius 2 is 1.87 bits per heavy atom. The van der Waals surface area contributed by atoms with Crippen LogP contribution in [0.25, 0.3) is 0 Å². The predicted molar refractivity (Wildman–Crippen MR) is 95.5 cm³/mol. The fraction of sp³-hybridized carbons (Fsp3) is 0.176. The van der Waals surface area contributed by atoms with E-state index in [4.69, 9.17) is 16.3 Å². The molecule has 0 saturated heterocycles. The molecule has 2 rings (SSSR count). The molecule has 120 valence electrons. The lowest BCUT2D eigenvalue weighted by Crippen LogP contribution is -2.26. The Balaban J connectivity index is 1.85. The molecule has 0 bridgehead atoms. The van der Waals surface area contributed by atoms with E-state index >= 15 is 0 Å². The maximum atomic E-state index is 12.0. The smallest absolute Gasteiger partial charge is 0.253 e. The number of nitrogens with zero attached hydrogens (tertiary/aromatic N) is 1. The monoisotopic (exact) mass is 348 g/mol. The zero-order chi connectivity index (χ0) is 16.7. The van der Waals surface area contributed by atoms with Gasteiger partial charge in [0.15, 0.2) is 0 Å². The second-order valence-corrected chi connectivity index (χ2v) is 6.57. The summed E-state index contributed by atoms with van der Waals surface area (Å²) in [5.41, 5.74) is 3.42. The van der Waals surface area contributed by atoms with E-state index in [9.17, 15) is 4.79 Å².